The van der Waals surface area contributed by atoms with Crippen molar-refractivity contribution in [2.45, 2.75) is 25.2 Å². The van der Waals surface area contributed by atoms with Crippen LogP contribution in [0.25, 0.3) is 0 Å². The quantitative estimate of drug-likeness (QED) is 0.386. The smallest absolute Gasteiger partial charge is 0.268 e. The van der Waals surface area contributed by atoms with Crippen LogP contribution in [-0.2, 0) is 9.47 Å². The number of ether oxygens (including phenoxy) is 2. The molecule has 1 saturated heterocycles. The van der Waals surface area contributed by atoms with Crippen LogP contribution in [0.2, 0.25) is 0 Å². The van der Waals surface area contributed by atoms with Gasteiger partial charge in [-0.1, -0.05) is 6.92 Å². The molecule has 1 heterocycles. The summed E-state index contributed by atoms with van der Waals surface area (Å²) in [6, 6.07) is 0. The van der Waals surface area contributed by atoms with Gasteiger partial charge in [0.1, 0.15) is 6.10 Å². The van der Waals surface area contributed by atoms with E-state index < -0.39 is 10.7 Å². The first-order valence-corrected chi connectivity index (χ1v) is 4.55. The third-order valence-electron chi connectivity index (χ3n) is 2.20. The molecule has 2 atom stereocenters. The van der Waals surface area contributed by atoms with Crippen molar-refractivity contribution in [1.29, 1.82) is 0 Å². The Morgan fingerprint density at radius 3 is 3.14 bits per heavy atom. The Kier molecular flexibility index (Phi) is 2.13. The lowest BCUT2D eigenvalue weighted by Gasteiger charge is -2.09. The highest BCUT2D eigenvalue weighted by atomic mass is 16.8. The standard InChI is InChI=1S/C9H11NO4/c1-2-5-13-9-4-3-7(10(11)12)6-8(9)14-9/h3-4,6,8H,2,5H2,1H3. The second kappa shape index (κ2) is 3.18. The molecular weight excluding hydrogens is 186 g/mol. The van der Waals surface area contributed by atoms with Crippen molar-refractivity contribution < 1.29 is 14.4 Å². The second-order valence-electron chi connectivity index (χ2n) is 3.29. The van der Waals surface area contributed by atoms with Crippen LogP contribution >= 0.6 is 0 Å². The monoisotopic (exact) mass is 197 g/mol. The number of hydrogen-bond acceptors (Lipinski definition) is 4. The van der Waals surface area contributed by atoms with E-state index >= 15 is 0 Å². The van der Waals surface area contributed by atoms with Crippen molar-refractivity contribution in [3.8, 4) is 0 Å². The van der Waals surface area contributed by atoms with E-state index in [9.17, 15) is 10.1 Å². The Morgan fingerprint density at radius 2 is 2.57 bits per heavy atom. The Balaban J connectivity index is 2.02. The highest BCUT2D eigenvalue weighted by Gasteiger charge is 2.57. The molecule has 5 nitrogen and oxygen atoms in total. The molecule has 14 heavy (non-hydrogen) atoms. The molecular formula is C9H11NO4. The Bertz CT molecular complexity index is 323. The van der Waals surface area contributed by atoms with Crippen molar-refractivity contribution in [1.82, 2.24) is 0 Å². The maximum Gasteiger partial charge on any atom is 0.268 e. The van der Waals surface area contributed by atoms with Crippen LogP contribution in [-0.4, -0.2) is 23.4 Å². The van der Waals surface area contributed by atoms with Crippen molar-refractivity contribution >= 4 is 0 Å². The van der Waals surface area contributed by atoms with Crippen LogP contribution in [0.4, 0.5) is 0 Å². The summed E-state index contributed by atoms with van der Waals surface area (Å²) in [6.07, 6.45) is 5.15. The highest BCUT2D eigenvalue weighted by Crippen LogP contribution is 2.43. The summed E-state index contributed by atoms with van der Waals surface area (Å²) in [6.45, 7) is 2.60. The lowest BCUT2D eigenvalue weighted by molar-refractivity contribution is -0.419. The van der Waals surface area contributed by atoms with E-state index in [1.807, 2.05) is 6.92 Å². The van der Waals surface area contributed by atoms with Gasteiger partial charge >= 0.3 is 0 Å². The maximum absolute atomic E-state index is 10.4. The third-order valence-corrected chi connectivity index (χ3v) is 2.20. The zero-order valence-corrected chi connectivity index (χ0v) is 7.80. The summed E-state index contributed by atoms with van der Waals surface area (Å²) in [7, 11) is 0. The summed E-state index contributed by atoms with van der Waals surface area (Å²) in [5.74, 6) is -0.699. The molecule has 0 N–H and O–H groups in total. The fourth-order valence-electron chi connectivity index (χ4n) is 1.41. The largest absolute Gasteiger partial charge is 0.344 e. The predicted octanol–water partition coefficient (Wildman–Crippen LogP) is 1.24. The number of fused-ring (bicyclic) bond motifs is 1. The van der Waals surface area contributed by atoms with Gasteiger partial charge in [0.15, 0.2) is 0 Å². The molecule has 2 aliphatic rings. The number of nitro groups is 1. The zero-order chi connectivity index (χ0) is 10.2. The Hall–Kier alpha value is -1.20. The van der Waals surface area contributed by atoms with Gasteiger partial charge in [0.05, 0.1) is 11.5 Å². The first-order chi connectivity index (χ1) is 6.68. The molecule has 0 aromatic heterocycles. The number of hydrogen-bond donors (Lipinski definition) is 0. The SMILES string of the molecule is CCCOC12C=CC([N+](=O)[O-])=CC1O2. The van der Waals surface area contributed by atoms with Gasteiger partial charge in [-0.25, -0.2) is 0 Å². The van der Waals surface area contributed by atoms with E-state index in [1.165, 1.54) is 12.2 Å². The van der Waals surface area contributed by atoms with Gasteiger partial charge in [-0.15, -0.1) is 0 Å². The normalized spacial score (nSPS) is 33.5. The average molecular weight is 197 g/mol. The number of rotatable bonds is 4. The van der Waals surface area contributed by atoms with E-state index in [2.05, 4.69) is 0 Å². The first-order valence-electron chi connectivity index (χ1n) is 4.55. The second-order valence-corrected chi connectivity index (χ2v) is 3.29. The van der Waals surface area contributed by atoms with Crippen LogP contribution in [0.5, 0.6) is 0 Å². The average Bonchev–Trinajstić information content (AvgIpc) is 2.88. The van der Waals surface area contributed by atoms with E-state index in [1.54, 1.807) is 6.08 Å². The fraction of sp³-hybridized carbons (Fsp3) is 0.556. The summed E-state index contributed by atoms with van der Waals surface area (Å²) >= 11 is 0. The summed E-state index contributed by atoms with van der Waals surface area (Å²) < 4.78 is 10.7. The third kappa shape index (κ3) is 1.44. The molecule has 2 rings (SSSR count). The van der Waals surface area contributed by atoms with Crippen molar-refractivity contribution in [2.75, 3.05) is 6.61 Å². The Morgan fingerprint density at radius 1 is 1.79 bits per heavy atom. The van der Waals surface area contributed by atoms with Crippen LogP contribution < -0.4 is 0 Å². The number of allylic oxidation sites excluding steroid dienone is 1. The molecule has 0 saturated carbocycles. The topological polar surface area (TPSA) is 64.9 Å². The minimum Gasteiger partial charge on any atom is -0.344 e. The predicted molar refractivity (Wildman–Crippen MR) is 48.1 cm³/mol. The van der Waals surface area contributed by atoms with Crippen molar-refractivity contribution in [3.05, 3.63) is 34.0 Å². The van der Waals surface area contributed by atoms with E-state index in [0.717, 1.165) is 6.42 Å². The molecule has 0 spiro atoms. The molecule has 5 heteroatoms. The number of epoxide rings is 1. The van der Waals surface area contributed by atoms with Gasteiger partial charge < -0.3 is 9.47 Å². The zero-order valence-electron chi connectivity index (χ0n) is 7.80. The van der Waals surface area contributed by atoms with Crippen LogP contribution in [0, 0.1) is 10.1 Å². The molecule has 76 valence electrons. The first kappa shape index (κ1) is 9.36. The maximum atomic E-state index is 10.4. The van der Waals surface area contributed by atoms with Crippen LogP contribution in [0.3, 0.4) is 0 Å². The Labute approximate surface area is 81.1 Å². The van der Waals surface area contributed by atoms with E-state index in [0.29, 0.717) is 6.61 Å². The van der Waals surface area contributed by atoms with Crippen LogP contribution in [0.1, 0.15) is 13.3 Å². The summed E-state index contributed by atoms with van der Waals surface area (Å²) in [5, 5.41) is 10.4. The molecule has 1 aliphatic heterocycles. The molecule has 0 radical (unpaired) electrons. The molecule has 0 aromatic rings. The number of nitrogens with zero attached hydrogens (tertiary/aromatic N) is 1. The van der Waals surface area contributed by atoms with Crippen molar-refractivity contribution in [3.63, 3.8) is 0 Å². The van der Waals surface area contributed by atoms with Gasteiger partial charge in [0, 0.05) is 12.2 Å². The summed E-state index contributed by atoms with van der Waals surface area (Å²) in [5.41, 5.74) is 0.0724. The van der Waals surface area contributed by atoms with Gasteiger partial charge in [-0.05, 0) is 12.5 Å². The molecule has 1 aliphatic carbocycles. The van der Waals surface area contributed by atoms with E-state index in [-0.39, 0.29) is 11.8 Å². The highest BCUT2D eigenvalue weighted by molar-refractivity contribution is 5.31. The van der Waals surface area contributed by atoms with Gasteiger partial charge in [-0.2, -0.15) is 0 Å². The fourth-order valence-corrected chi connectivity index (χ4v) is 1.41. The minimum absolute atomic E-state index is 0.0724. The van der Waals surface area contributed by atoms with Gasteiger partial charge in [0.25, 0.3) is 5.70 Å². The molecule has 1 fully saturated rings. The molecule has 2 unspecified atom stereocenters. The lowest BCUT2D eigenvalue weighted by atomic mass is 10.1. The van der Waals surface area contributed by atoms with Gasteiger partial charge in [-0.3, -0.25) is 10.1 Å². The minimum atomic E-state index is -0.699. The molecule has 0 bridgehead atoms. The molecule has 0 amide bonds. The van der Waals surface area contributed by atoms with Gasteiger partial charge in [0.2, 0.25) is 5.79 Å². The van der Waals surface area contributed by atoms with E-state index in [4.69, 9.17) is 9.47 Å². The molecule has 0 aromatic carbocycles. The van der Waals surface area contributed by atoms with Crippen molar-refractivity contribution in [2.24, 2.45) is 0 Å². The lowest BCUT2D eigenvalue weighted by Crippen LogP contribution is -2.20. The summed E-state index contributed by atoms with van der Waals surface area (Å²) in [4.78, 5) is 10.00. The van der Waals surface area contributed by atoms with Crippen LogP contribution in [0.15, 0.2) is 23.9 Å².